The van der Waals surface area contributed by atoms with Gasteiger partial charge in [0.05, 0.1) is 5.60 Å². The van der Waals surface area contributed by atoms with Crippen molar-refractivity contribution in [3.63, 3.8) is 0 Å². The molecule has 0 radical (unpaired) electrons. The summed E-state index contributed by atoms with van der Waals surface area (Å²) < 4.78 is 19.7. The standard InChI is InChI=1S/C16H23ClFNO/c1-3-9-19-15(16(20-2)7-4-8-16)11-12-10-13(17)5-6-14(12)18/h5-6,10,15,19H,3-4,7-9,11H2,1-2H3. The maximum absolute atomic E-state index is 13.9. The van der Waals surface area contributed by atoms with Crippen LogP contribution in [0.15, 0.2) is 18.2 Å². The normalized spacial score (nSPS) is 18.6. The molecule has 1 saturated carbocycles. The molecule has 1 N–H and O–H groups in total. The van der Waals surface area contributed by atoms with Crippen LogP contribution in [0, 0.1) is 5.82 Å². The summed E-state index contributed by atoms with van der Waals surface area (Å²) in [5.74, 6) is -0.191. The molecule has 2 rings (SSSR count). The summed E-state index contributed by atoms with van der Waals surface area (Å²) in [6.07, 6.45) is 4.91. The molecule has 0 bridgehead atoms. The molecule has 2 nitrogen and oxygen atoms in total. The van der Waals surface area contributed by atoms with Crippen LogP contribution in [0.25, 0.3) is 0 Å². The highest BCUT2D eigenvalue weighted by molar-refractivity contribution is 6.30. The first-order valence-electron chi connectivity index (χ1n) is 7.34. The number of nitrogens with one attached hydrogen (secondary N) is 1. The van der Waals surface area contributed by atoms with Crippen molar-refractivity contribution in [3.05, 3.63) is 34.6 Å². The Kier molecular flexibility index (Phi) is 5.42. The SMILES string of the molecule is CCCNC(Cc1cc(Cl)ccc1F)C1(OC)CCC1. The second-order valence-corrected chi connectivity index (χ2v) is 6.01. The van der Waals surface area contributed by atoms with Crippen molar-refractivity contribution in [1.29, 1.82) is 0 Å². The zero-order valence-corrected chi connectivity index (χ0v) is 13.0. The van der Waals surface area contributed by atoms with Gasteiger partial charge in [-0.1, -0.05) is 18.5 Å². The minimum atomic E-state index is -0.191. The zero-order chi connectivity index (χ0) is 14.6. The van der Waals surface area contributed by atoms with Gasteiger partial charge in [-0.2, -0.15) is 0 Å². The van der Waals surface area contributed by atoms with Gasteiger partial charge in [0.25, 0.3) is 0 Å². The van der Waals surface area contributed by atoms with E-state index in [0.29, 0.717) is 17.0 Å². The fourth-order valence-corrected chi connectivity index (χ4v) is 3.10. The maximum Gasteiger partial charge on any atom is 0.126 e. The number of methoxy groups -OCH3 is 1. The van der Waals surface area contributed by atoms with Crippen LogP contribution in [-0.2, 0) is 11.2 Å². The van der Waals surface area contributed by atoms with Gasteiger partial charge in [-0.05, 0) is 62.4 Å². The molecule has 1 aromatic carbocycles. The van der Waals surface area contributed by atoms with Crippen LogP contribution in [0.2, 0.25) is 5.02 Å². The van der Waals surface area contributed by atoms with Crippen LogP contribution in [-0.4, -0.2) is 25.3 Å². The molecule has 4 heteroatoms. The highest BCUT2D eigenvalue weighted by Gasteiger charge is 2.44. The van der Waals surface area contributed by atoms with E-state index >= 15 is 0 Å². The molecular weight excluding hydrogens is 277 g/mol. The van der Waals surface area contributed by atoms with Crippen molar-refractivity contribution < 1.29 is 9.13 Å². The Hall–Kier alpha value is -0.640. The van der Waals surface area contributed by atoms with E-state index in [2.05, 4.69) is 12.2 Å². The first kappa shape index (κ1) is 15.7. The fraction of sp³-hybridized carbons (Fsp3) is 0.625. The van der Waals surface area contributed by atoms with Crippen LogP contribution >= 0.6 is 11.6 Å². The van der Waals surface area contributed by atoms with Gasteiger partial charge in [-0.15, -0.1) is 0 Å². The number of hydrogen-bond donors (Lipinski definition) is 1. The zero-order valence-electron chi connectivity index (χ0n) is 12.2. The second kappa shape index (κ2) is 6.88. The van der Waals surface area contributed by atoms with Crippen LogP contribution in [0.3, 0.4) is 0 Å². The molecule has 0 heterocycles. The average molecular weight is 300 g/mol. The van der Waals surface area contributed by atoms with E-state index in [-0.39, 0.29) is 17.5 Å². The Morgan fingerprint density at radius 2 is 2.20 bits per heavy atom. The van der Waals surface area contributed by atoms with Crippen molar-refractivity contribution in [1.82, 2.24) is 5.32 Å². The molecule has 1 aliphatic carbocycles. The molecule has 0 amide bonds. The fourth-order valence-electron chi connectivity index (χ4n) is 2.90. The molecule has 20 heavy (non-hydrogen) atoms. The Morgan fingerprint density at radius 3 is 2.75 bits per heavy atom. The number of ether oxygens (including phenoxy) is 1. The largest absolute Gasteiger partial charge is 0.377 e. The van der Waals surface area contributed by atoms with Gasteiger partial charge >= 0.3 is 0 Å². The van der Waals surface area contributed by atoms with Gasteiger partial charge < -0.3 is 10.1 Å². The third kappa shape index (κ3) is 3.33. The van der Waals surface area contributed by atoms with E-state index in [4.69, 9.17) is 16.3 Å². The maximum atomic E-state index is 13.9. The van der Waals surface area contributed by atoms with Gasteiger partial charge in [0.15, 0.2) is 0 Å². The third-order valence-corrected chi connectivity index (χ3v) is 4.55. The number of hydrogen-bond acceptors (Lipinski definition) is 2. The highest BCUT2D eigenvalue weighted by Crippen LogP contribution is 2.39. The summed E-state index contributed by atoms with van der Waals surface area (Å²) in [5, 5.41) is 4.10. The third-order valence-electron chi connectivity index (χ3n) is 4.31. The van der Waals surface area contributed by atoms with Gasteiger partial charge in [0.1, 0.15) is 5.82 Å². The Balaban J connectivity index is 2.16. The van der Waals surface area contributed by atoms with Crippen molar-refractivity contribution in [3.8, 4) is 0 Å². The quantitative estimate of drug-likeness (QED) is 0.823. The van der Waals surface area contributed by atoms with Crippen molar-refractivity contribution in [2.45, 2.75) is 50.7 Å². The average Bonchev–Trinajstić information content (AvgIpc) is 2.39. The monoisotopic (exact) mass is 299 g/mol. The Morgan fingerprint density at radius 1 is 1.45 bits per heavy atom. The minimum absolute atomic E-state index is 0.133. The van der Waals surface area contributed by atoms with Crippen molar-refractivity contribution in [2.75, 3.05) is 13.7 Å². The number of rotatable bonds is 7. The molecule has 1 unspecified atom stereocenters. The van der Waals surface area contributed by atoms with E-state index in [0.717, 1.165) is 25.8 Å². The predicted molar refractivity (Wildman–Crippen MR) is 80.8 cm³/mol. The molecule has 1 aliphatic rings. The first-order chi connectivity index (χ1) is 9.61. The smallest absolute Gasteiger partial charge is 0.126 e. The highest BCUT2D eigenvalue weighted by atomic mass is 35.5. The summed E-state index contributed by atoms with van der Waals surface area (Å²) in [6.45, 7) is 3.04. The molecule has 1 atom stereocenters. The van der Waals surface area contributed by atoms with Crippen molar-refractivity contribution >= 4 is 11.6 Å². The summed E-state index contributed by atoms with van der Waals surface area (Å²) in [7, 11) is 1.76. The molecule has 1 fully saturated rings. The summed E-state index contributed by atoms with van der Waals surface area (Å²) in [6, 6.07) is 4.88. The summed E-state index contributed by atoms with van der Waals surface area (Å²) in [4.78, 5) is 0. The Labute approximate surface area is 125 Å². The lowest BCUT2D eigenvalue weighted by Crippen LogP contribution is -2.57. The van der Waals surface area contributed by atoms with Crippen LogP contribution < -0.4 is 5.32 Å². The molecular formula is C16H23ClFNO. The molecule has 1 aromatic rings. The molecule has 0 aliphatic heterocycles. The number of benzene rings is 1. The van der Waals surface area contributed by atoms with E-state index in [1.54, 1.807) is 19.2 Å². The van der Waals surface area contributed by atoms with Gasteiger partial charge in [0.2, 0.25) is 0 Å². The van der Waals surface area contributed by atoms with Gasteiger partial charge in [-0.3, -0.25) is 0 Å². The van der Waals surface area contributed by atoms with Crippen molar-refractivity contribution in [2.24, 2.45) is 0 Å². The number of halogens is 2. The molecule has 0 saturated heterocycles. The molecule has 112 valence electrons. The first-order valence-corrected chi connectivity index (χ1v) is 7.71. The Bertz CT molecular complexity index is 443. The lowest BCUT2D eigenvalue weighted by atomic mass is 9.72. The van der Waals surface area contributed by atoms with Crippen LogP contribution in [0.4, 0.5) is 4.39 Å². The topological polar surface area (TPSA) is 21.3 Å². The van der Waals surface area contributed by atoms with E-state index in [1.165, 1.54) is 12.5 Å². The van der Waals surface area contributed by atoms with E-state index < -0.39 is 0 Å². The van der Waals surface area contributed by atoms with Crippen LogP contribution in [0.1, 0.15) is 38.2 Å². The van der Waals surface area contributed by atoms with Gasteiger partial charge in [0, 0.05) is 18.2 Å². The lowest BCUT2D eigenvalue weighted by molar-refractivity contribution is -0.0981. The predicted octanol–water partition coefficient (Wildman–Crippen LogP) is 3.96. The lowest BCUT2D eigenvalue weighted by Gasteiger charge is -2.47. The van der Waals surface area contributed by atoms with Crippen LogP contribution in [0.5, 0.6) is 0 Å². The van der Waals surface area contributed by atoms with E-state index in [9.17, 15) is 4.39 Å². The minimum Gasteiger partial charge on any atom is -0.377 e. The second-order valence-electron chi connectivity index (χ2n) is 5.57. The molecule has 0 spiro atoms. The molecule has 0 aromatic heterocycles. The van der Waals surface area contributed by atoms with Gasteiger partial charge in [-0.25, -0.2) is 4.39 Å². The van der Waals surface area contributed by atoms with E-state index in [1.807, 2.05) is 0 Å². The summed E-state index contributed by atoms with van der Waals surface area (Å²) >= 11 is 5.98. The summed E-state index contributed by atoms with van der Waals surface area (Å²) in [5.41, 5.74) is 0.513.